The van der Waals surface area contributed by atoms with Crippen molar-refractivity contribution in [3.05, 3.63) is 42.0 Å². The summed E-state index contributed by atoms with van der Waals surface area (Å²) in [4.78, 5) is 0. The molecular weight excluding hydrogens is 250 g/mol. The van der Waals surface area contributed by atoms with Gasteiger partial charge >= 0.3 is 7.12 Å². The first-order chi connectivity index (χ1) is 9.04. The fraction of sp³-hybridized carbons (Fsp3) is 0.250. The molecule has 0 fully saturated rings. The van der Waals surface area contributed by atoms with Crippen LogP contribution in [0, 0.1) is 5.82 Å². The van der Waals surface area contributed by atoms with E-state index in [2.05, 4.69) is 5.10 Å². The number of benzene rings is 1. The van der Waals surface area contributed by atoms with E-state index >= 15 is 0 Å². The molecule has 19 heavy (non-hydrogen) atoms. The third kappa shape index (κ3) is 3.80. The molecule has 1 aromatic carbocycles. The molecule has 0 saturated carbocycles. The molecule has 5 nitrogen and oxygen atoms in total. The summed E-state index contributed by atoms with van der Waals surface area (Å²) in [5, 5.41) is 22.0. The van der Waals surface area contributed by atoms with E-state index < -0.39 is 12.9 Å². The molecule has 7 heteroatoms. The summed E-state index contributed by atoms with van der Waals surface area (Å²) in [6, 6.07) is 3.66. The zero-order valence-corrected chi connectivity index (χ0v) is 10.5. The van der Waals surface area contributed by atoms with Crippen molar-refractivity contribution < 1.29 is 19.2 Å². The first kappa shape index (κ1) is 13.6. The maximum absolute atomic E-state index is 13.2. The Morgan fingerprint density at radius 2 is 2.16 bits per heavy atom. The van der Waals surface area contributed by atoms with Crippen LogP contribution in [-0.2, 0) is 13.5 Å². The Balaban J connectivity index is 1.95. The zero-order valence-electron chi connectivity index (χ0n) is 10.5. The highest BCUT2D eigenvalue weighted by Gasteiger charge is 2.13. The van der Waals surface area contributed by atoms with E-state index in [0.717, 1.165) is 11.6 Å². The number of nitrogens with zero attached hydrogens (tertiary/aromatic N) is 2. The lowest BCUT2D eigenvalue weighted by Crippen LogP contribution is -2.30. The Kier molecular flexibility index (Phi) is 4.18. The quantitative estimate of drug-likeness (QED) is 0.738. The fourth-order valence-electron chi connectivity index (χ4n) is 1.70. The second kappa shape index (κ2) is 5.86. The van der Waals surface area contributed by atoms with Gasteiger partial charge in [0.15, 0.2) is 0 Å². The maximum Gasteiger partial charge on any atom is 0.488 e. The molecule has 1 aromatic heterocycles. The molecule has 2 rings (SSSR count). The normalized spacial score (nSPS) is 10.5. The molecule has 0 radical (unpaired) electrons. The zero-order chi connectivity index (χ0) is 13.8. The van der Waals surface area contributed by atoms with Gasteiger partial charge in [0.1, 0.15) is 11.6 Å². The number of hydrogen-bond donors (Lipinski definition) is 2. The van der Waals surface area contributed by atoms with Crippen LogP contribution in [0.25, 0.3) is 0 Å². The van der Waals surface area contributed by atoms with Crippen LogP contribution in [0.4, 0.5) is 4.39 Å². The van der Waals surface area contributed by atoms with Gasteiger partial charge in [-0.05, 0) is 23.2 Å². The summed E-state index contributed by atoms with van der Waals surface area (Å²) in [6.07, 6.45) is 4.25. The molecule has 2 N–H and O–H groups in total. The molecule has 0 unspecified atom stereocenters. The summed E-state index contributed by atoms with van der Waals surface area (Å²) in [7, 11) is 0.114. The van der Waals surface area contributed by atoms with Gasteiger partial charge < -0.3 is 14.8 Å². The summed E-state index contributed by atoms with van der Waals surface area (Å²) in [6.45, 7) is 0.357. The third-order valence-corrected chi connectivity index (χ3v) is 2.61. The SMILES string of the molecule is Cn1cc(CCOc2cc(F)cc(B(O)O)c2)cn1. The minimum absolute atomic E-state index is 0.0661. The largest absolute Gasteiger partial charge is 0.493 e. The smallest absolute Gasteiger partial charge is 0.488 e. The van der Waals surface area contributed by atoms with Gasteiger partial charge in [-0.15, -0.1) is 0 Å². The highest BCUT2D eigenvalue weighted by molar-refractivity contribution is 6.58. The predicted octanol–water partition coefficient (Wildman–Crippen LogP) is -0.140. The lowest BCUT2D eigenvalue weighted by Gasteiger charge is -2.07. The van der Waals surface area contributed by atoms with Crippen LogP contribution in [0.3, 0.4) is 0 Å². The minimum atomic E-state index is -1.71. The Bertz CT molecular complexity index is 560. The molecule has 2 aromatic rings. The highest BCUT2D eigenvalue weighted by Crippen LogP contribution is 2.11. The van der Waals surface area contributed by atoms with Crippen LogP contribution in [0.1, 0.15) is 5.56 Å². The first-order valence-corrected chi connectivity index (χ1v) is 5.81. The molecule has 100 valence electrons. The molecule has 1 heterocycles. The second-order valence-electron chi connectivity index (χ2n) is 4.21. The van der Waals surface area contributed by atoms with E-state index in [1.165, 1.54) is 12.1 Å². The third-order valence-electron chi connectivity index (χ3n) is 2.61. The summed E-state index contributed by atoms with van der Waals surface area (Å²) < 4.78 is 20.3. The number of aryl methyl sites for hydroxylation is 1. The lowest BCUT2D eigenvalue weighted by atomic mass is 9.80. The number of aromatic nitrogens is 2. The molecule has 0 amide bonds. The van der Waals surface area contributed by atoms with Crippen molar-refractivity contribution in [2.45, 2.75) is 6.42 Å². The topological polar surface area (TPSA) is 67.5 Å². The van der Waals surface area contributed by atoms with Gasteiger partial charge in [0.2, 0.25) is 0 Å². The number of hydrogen-bond acceptors (Lipinski definition) is 4. The van der Waals surface area contributed by atoms with E-state index in [1.54, 1.807) is 10.9 Å². The van der Waals surface area contributed by atoms with Gasteiger partial charge in [0.05, 0.1) is 12.8 Å². The molecule has 0 spiro atoms. The van der Waals surface area contributed by atoms with E-state index in [1.807, 2.05) is 13.2 Å². The molecule has 0 atom stereocenters. The Morgan fingerprint density at radius 1 is 1.37 bits per heavy atom. The Labute approximate surface area is 110 Å². The summed E-state index contributed by atoms with van der Waals surface area (Å²) >= 11 is 0. The summed E-state index contributed by atoms with van der Waals surface area (Å²) in [5.74, 6) is -0.297. The van der Waals surface area contributed by atoms with Crippen molar-refractivity contribution in [2.24, 2.45) is 7.05 Å². The minimum Gasteiger partial charge on any atom is -0.493 e. The average molecular weight is 264 g/mol. The number of rotatable bonds is 5. The van der Waals surface area contributed by atoms with Gasteiger partial charge in [-0.2, -0.15) is 5.10 Å². The molecule has 0 bridgehead atoms. The lowest BCUT2D eigenvalue weighted by molar-refractivity contribution is 0.320. The average Bonchev–Trinajstić information content (AvgIpc) is 2.74. The molecule has 0 aliphatic carbocycles. The highest BCUT2D eigenvalue weighted by atomic mass is 19.1. The number of ether oxygens (including phenoxy) is 1. The van der Waals surface area contributed by atoms with Crippen LogP contribution in [0.15, 0.2) is 30.6 Å². The van der Waals surface area contributed by atoms with Gasteiger partial charge in [-0.25, -0.2) is 4.39 Å². The number of halogens is 1. The first-order valence-electron chi connectivity index (χ1n) is 5.81. The fourth-order valence-corrected chi connectivity index (χ4v) is 1.70. The maximum atomic E-state index is 13.2. The predicted molar refractivity (Wildman–Crippen MR) is 68.6 cm³/mol. The van der Waals surface area contributed by atoms with Crippen molar-refractivity contribution >= 4 is 12.6 Å². The van der Waals surface area contributed by atoms with Gasteiger partial charge in [0, 0.05) is 25.7 Å². The van der Waals surface area contributed by atoms with E-state index in [0.29, 0.717) is 13.0 Å². The van der Waals surface area contributed by atoms with Crippen molar-refractivity contribution in [3.8, 4) is 5.75 Å². The van der Waals surface area contributed by atoms with E-state index in [4.69, 9.17) is 14.8 Å². The van der Waals surface area contributed by atoms with Gasteiger partial charge in [0.25, 0.3) is 0 Å². The van der Waals surface area contributed by atoms with Crippen LogP contribution in [0.2, 0.25) is 0 Å². The van der Waals surface area contributed by atoms with Crippen molar-refractivity contribution in [2.75, 3.05) is 6.61 Å². The van der Waals surface area contributed by atoms with E-state index in [-0.39, 0.29) is 11.2 Å². The Morgan fingerprint density at radius 3 is 2.79 bits per heavy atom. The van der Waals surface area contributed by atoms with E-state index in [9.17, 15) is 4.39 Å². The van der Waals surface area contributed by atoms with Gasteiger partial charge in [-0.1, -0.05) is 0 Å². The van der Waals surface area contributed by atoms with Crippen molar-refractivity contribution in [1.82, 2.24) is 9.78 Å². The molecular formula is C12H14BFN2O3. The van der Waals surface area contributed by atoms with Crippen LogP contribution in [-0.4, -0.2) is 33.6 Å². The molecule has 0 saturated heterocycles. The van der Waals surface area contributed by atoms with Crippen LogP contribution >= 0.6 is 0 Å². The molecule has 0 aliphatic rings. The van der Waals surface area contributed by atoms with Gasteiger partial charge in [-0.3, -0.25) is 4.68 Å². The van der Waals surface area contributed by atoms with Crippen LogP contribution in [0.5, 0.6) is 5.75 Å². The van der Waals surface area contributed by atoms with Crippen molar-refractivity contribution in [3.63, 3.8) is 0 Å². The monoisotopic (exact) mass is 264 g/mol. The van der Waals surface area contributed by atoms with Crippen LogP contribution < -0.4 is 10.2 Å². The summed E-state index contributed by atoms with van der Waals surface area (Å²) in [5.41, 5.74) is 1.08. The second-order valence-corrected chi connectivity index (χ2v) is 4.21. The standard InChI is InChI=1S/C12H14BFN2O3/c1-16-8-9(7-15-16)2-3-19-12-5-10(13(17)18)4-11(14)6-12/h4-8,17-18H,2-3H2,1H3. The Hall–Kier alpha value is -1.86. The van der Waals surface area contributed by atoms with Crippen molar-refractivity contribution in [1.29, 1.82) is 0 Å². The molecule has 0 aliphatic heterocycles.